The summed E-state index contributed by atoms with van der Waals surface area (Å²) >= 11 is 9.60. The third kappa shape index (κ3) is 2.58. The largest absolute Gasteiger partial charge is 0.490 e. The fraction of sp³-hybridized carbons (Fsp3) is 0.250. The number of benzene rings is 2. The summed E-state index contributed by atoms with van der Waals surface area (Å²) in [6.45, 7) is 2.08. The van der Waals surface area contributed by atoms with Gasteiger partial charge in [-0.05, 0) is 47.9 Å². The van der Waals surface area contributed by atoms with Gasteiger partial charge in [-0.2, -0.15) is 0 Å². The Morgan fingerprint density at radius 3 is 2.90 bits per heavy atom. The van der Waals surface area contributed by atoms with E-state index in [-0.39, 0.29) is 12.1 Å². The van der Waals surface area contributed by atoms with E-state index in [1.54, 1.807) is 0 Å². The van der Waals surface area contributed by atoms with E-state index >= 15 is 0 Å². The molecule has 0 aliphatic carbocycles. The third-order valence-corrected chi connectivity index (χ3v) is 4.53. The van der Waals surface area contributed by atoms with Crippen molar-refractivity contribution in [3.05, 3.63) is 62.6 Å². The molecule has 1 heterocycles. The van der Waals surface area contributed by atoms with Gasteiger partial charge >= 0.3 is 0 Å². The maximum absolute atomic E-state index is 6.39. The summed E-state index contributed by atoms with van der Waals surface area (Å²) in [6, 6.07) is 11.6. The Morgan fingerprint density at radius 1 is 1.30 bits per heavy atom. The van der Waals surface area contributed by atoms with Crippen LogP contribution in [0.5, 0.6) is 5.75 Å². The van der Waals surface area contributed by atoms with Gasteiger partial charge in [0.05, 0.1) is 6.04 Å². The lowest BCUT2D eigenvalue weighted by Crippen LogP contribution is -2.12. The molecule has 0 saturated carbocycles. The standard InChI is InChI=1S/C16H15BrClNO/c1-9-6-11-7-10(2-5-15(11)20-9)16(19)13-8-12(18)3-4-14(13)17/h2-5,7-9,16H,6,19H2,1H3. The SMILES string of the molecule is CC1Cc2cc(C(N)c3cc(Cl)ccc3Br)ccc2O1. The quantitative estimate of drug-likeness (QED) is 0.865. The fourth-order valence-electron chi connectivity index (χ4n) is 2.57. The summed E-state index contributed by atoms with van der Waals surface area (Å²) in [4.78, 5) is 0. The van der Waals surface area contributed by atoms with Crippen molar-refractivity contribution < 1.29 is 4.74 Å². The molecule has 0 radical (unpaired) electrons. The third-order valence-electron chi connectivity index (χ3n) is 3.57. The molecule has 2 nitrogen and oxygen atoms in total. The van der Waals surface area contributed by atoms with E-state index < -0.39 is 0 Å². The van der Waals surface area contributed by atoms with Crippen LogP contribution in [-0.4, -0.2) is 6.10 Å². The number of nitrogens with two attached hydrogens (primary N) is 1. The predicted molar refractivity (Wildman–Crippen MR) is 85.4 cm³/mol. The Labute approximate surface area is 132 Å². The number of fused-ring (bicyclic) bond motifs is 1. The number of hydrogen-bond donors (Lipinski definition) is 1. The van der Waals surface area contributed by atoms with Crippen LogP contribution in [0, 0.1) is 0 Å². The molecule has 4 heteroatoms. The Kier molecular flexibility index (Phi) is 3.76. The number of hydrogen-bond acceptors (Lipinski definition) is 2. The van der Waals surface area contributed by atoms with E-state index in [0.29, 0.717) is 5.02 Å². The molecule has 0 fully saturated rings. The highest BCUT2D eigenvalue weighted by Gasteiger charge is 2.21. The molecule has 2 unspecified atom stereocenters. The molecule has 1 aliphatic heterocycles. The summed E-state index contributed by atoms with van der Waals surface area (Å²) in [7, 11) is 0. The number of rotatable bonds is 2. The van der Waals surface area contributed by atoms with Crippen molar-refractivity contribution in [2.24, 2.45) is 5.73 Å². The molecule has 0 saturated heterocycles. The summed E-state index contributed by atoms with van der Waals surface area (Å²) < 4.78 is 6.69. The molecule has 0 bridgehead atoms. The van der Waals surface area contributed by atoms with E-state index in [0.717, 1.165) is 27.8 Å². The summed E-state index contributed by atoms with van der Waals surface area (Å²) in [5, 5.41) is 0.691. The zero-order valence-electron chi connectivity index (χ0n) is 11.1. The van der Waals surface area contributed by atoms with Crippen molar-refractivity contribution >= 4 is 27.5 Å². The minimum Gasteiger partial charge on any atom is -0.490 e. The molecule has 3 rings (SSSR count). The van der Waals surface area contributed by atoms with Gasteiger partial charge in [-0.1, -0.05) is 39.7 Å². The first kappa shape index (κ1) is 13.9. The van der Waals surface area contributed by atoms with E-state index in [9.17, 15) is 0 Å². The van der Waals surface area contributed by atoms with Crippen LogP contribution in [0.1, 0.15) is 29.7 Å². The Morgan fingerprint density at radius 2 is 2.10 bits per heavy atom. The summed E-state index contributed by atoms with van der Waals surface area (Å²) in [5.74, 6) is 0.971. The highest BCUT2D eigenvalue weighted by atomic mass is 79.9. The van der Waals surface area contributed by atoms with Crippen molar-refractivity contribution in [3.63, 3.8) is 0 Å². The molecular weight excluding hydrogens is 338 g/mol. The second-order valence-electron chi connectivity index (χ2n) is 5.14. The molecule has 20 heavy (non-hydrogen) atoms. The zero-order valence-corrected chi connectivity index (χ0v) is 13.4. The summed E-state index contributed by atoms with van der Waals surface area (Å²) in [5.41, 5.74) is 9.67. The lowest BCUT2D eigenvalue weighted by atomic mass is 9.97. The minimum absolute atomic E-state index is 0.204. The topological polar surface area (TPSA) is 35.2 Å². The Hall–Kier alpha value is -1.03. The van der Waals surface area contributed by atoms with Crippen molar-refractivity contribution in [2.45, 2.75) is 25.5 Å². The molecule has 0 spiro atoms. The van der Waals surface area contributed by atoms with Crippen molar-refractivity contribution in [1.29, 1.82) is 0 Å². The highest BCUT2D eigenvalue weighted by molar-refractivity contribution is 9.10. The van der Waals surface area contributed by atoms with Crippen molar-refractivity contribution in [3.8, 4) is 5.75 Å². The molecule has 0 aromatic heterocycles. The van der Waals surface area contributed by atoms with E-state index in [1.807, 2.05) is 30.3 Å². The lowest BCUT2D eigenvalue weighted by molar-refractivity contribution is 0.254. The molecular formula is C16H15BrClNO. The predicted octanol–water partition coefficient (Wildman–Crippen LogP) is 4.47. The molecule has 2 atom stereocenters. The first-order valence-electron chi connectivity index (χ1n) is 6.54. The van der Waals surface area contributed by atoms with E-state index in [2.05, 4.69) is 28.9 Å². The van der Waals surface area contributed by atoms with Gasteiger partial charge in [0.15, 0.2) is 0 Å². The first-order valence-corrected chi connectivity index (χ1v) is 7.71. The lowest BCUT2D eigenvalue weighted by Gasteiger charge is -2.15. The van der Waals surface area contributed by atoms with Gasteiger partial charge in [0, 0.05) is 15.9 Å². The normalized spacial score (nSPS) is 18.5. The smallest absolute Gasteiger partial charge is 0.123 e. The number of ether oxygens (including phenoxy) is 1. The van der Waals surface area contributed by atoms with Gasteiger partial charge in [-0.15, -0.1) is 0 Å². The molecule has 1 aliphatic rings. The fourth-order valence-corrected chi connectivity index (χ4v) is 3.24. The van der Waals surface area contributed by atoms with Gasteiger partial charge in [-0.3, -0.25) is 0 Å². The Balaban J connectivity index is 1.97. The van der Waals surface area contributed by atoms with Crippen LogP contribution in [0.15, 0.2) is 40.9 Å². The number of halogens is 2. The average molecular weight is 353 g/mol. The molecule has 2 aromatic rings. The second-order valence-corrected chi connectivity index (χ2v) is 6.43. The van der Waals surface area contributed by atoms with Gasteiger partial charge in [-0.25, -0.2) is 0 Å². The maximum atomic E-state index is 6.39. The zero-order chi connectivity index (χ0) is 14.3. The van der Waals surface area contributed by atoms with Crippen LogP contribution in [0.2, 0.25) is 5.02 Å². The molecule has 2 aromatic carbocycles. The van der Waals surface area contributed by atoms with Gasteiger partial charge in [0.1, 0.15) is 11.9 Å². The minimum atomic E-state index is -0.204. The van der Waals surface area contributed by atoms with Crippen molar-refractivity contribution in [1.82, 2.24) is 0 Å². The van der Waals surface area contributed by atoms with E-state index in [4.69, 9.17) is 22.1 Å². The monoisotopic (exact) mass is 351 g/mol. The molecule has 104 valence electrons. The molecule has 0 amide bonds. The van der Waals surface area contributed by atoms with Crippen LogP contribution >= 0.6 is 27.5 Å². The maximum Gasteiger partial charge on any atom is 0.123 e. The summed E-state index contributed by atoms with van der Waals surface area (Å²) in [6.07, 6.45) is 1.18. The molecule has 2 N–H and O–H groups in total. The highest BCUT2D eigenvalue weighted by Crippen LogP contribution is 2.34. The van der Waals surface area contributed by atoms with Crippen LogP contribution in [0.3, 0.4) is 0 Å². The van der Waals surface area contributed by atoms with E-state index in [1.165, 1.54) is 5.56 Å². The van der Waals surface area contributed by atoms with Crippen LogP contribution in [-0.2, 0) is 6.42 Å². The Bertz CT molecular complexity index is 659. The van der Waals surface area contributed by atoms with Crippen LogP contribution < -0.4 is 10.5 Å². The van der Waals surface area contributed by atoms with Crippen LogP contribution in [0.25, 0.3) is 0 Å². The van der Waals surface area contributed by atoms with Crippen LogP contribution in [0.4, 0.5) is 0 Å². The van der Waals surface area contributed by atoms with Crippen molar-refractivity contribution in [2.75, 3.05) is 0 Å². The first-order chi connectivity index (χ1) is 9.54. The van der Waals surface area contributed by atoms with Gasteiger partial charge in [0.2, 0.25) is 0 Å². The van der Waals surface area contributed by atoms with Gasteiger partial charge < -0.3 is 10.5 Å². The average Bonchev–Trinajstić information content (AvgIpc) is 2.79. The second kappa shape index (κ2) is 5.40. The van der Waals surface area contributed by atoms with Gasteiger partial charge in [0.25, 0.3) is 0 Å².